The summed E-state index contributed by atoms with van der Waals surface area (Å²) in [5.74, 6) is 1.65. The summed E-state index contributed by atoms with van der Waals surface area (Å²) in [5, 5.41) is 0. The monoisotopic (exact) mass is 256 g/mol. The molecule has 2 aromatic rings. The summed E-state index contributed by atoms with van der Waals surface area (Å²) in [6, 6.07) is 11.7. The van der Waals surface area contributed by atoms with Crippen LogP contribution in [0.15, 0.2) is 42.6 Å². The van der Waals surface area contributed by atoms with Crippen LogP contribution >= 0.6 is 0 Å². The molecule has 3 rings (SSSR count). The molecule has 0 saturated heterocycles. The molecule has 98 valence electrons. The first-order valence-corrected chi connectivity index (χ1v) is 6.38. The number of nitrogens with two attached hydrogens (primary N) is 1. The Morgan fingerprint density at radius 2 is 2.26 bits per heavy atom. The van der Waals surface area contributed by atoms with Crippen LogP contribution in [0, 0.1) is 0 Å². The Morgan fingerprint density at radius 3 is 3.11 bits per heavy atom. The Labute approximate surface area is 112 Å². The van der Waals surface area contributed by atoms with E-state index >= 15 is 0 Å². The third-order valence-electron chi connectivity index (χ3n) is 3.16. The van der Waals surface area contributed by atoms with Crippen LogP contribution in [0.3, 0.4) is 0 Å². The van der Waals surface area contributed by atoms with Crippen molar-refractivity contribution in [2.45, 2.75) is 12.5 Å². The van der Waals surface area contributed by atoms with E-state index in [1.807, 2.05) is 36.4 Å². The van der Waals surface area contributed by atoms with Crippen molar-refractivity contribution in [3.05, 3.63) is 53.9 Å². The normalized spacial score (nSPS) is 16.8. The van der Waals surface area contributed by atoms with Gasteiger partial charge in [-0.3, -0.25) is 4.98 Å². The fourth-order valence-electron chi connectivity index (χ4n) is 2.12. The lowest BCUT2D eigenvalue weighted by Gasteiger charge is -2.07. The molecule has 2 N–H and O–H groups in total. The predicted molar refractivity (Wildman–Crippen MR) is 72.3 cm³/mol. The zero-order chi connectivity index (χ0) is 13.1. The molecule has 0 radical (unpaired) electrons. The Balaban J connectivity index is 1.59. The topological polar surface area (TPSA) is 57.4 Å². The number of aromatic nitrogens is 1. The number of benzene rings is 1. The van der Waals surface area contributed by atoms with Gasteiger partial charge in [-0.25, -0.2) is 0 Å². The van der Waals surface area contributed by atoms with Gasteiger partial charge in [-0.15, -0.1) is 0 Å². The van der Waals surface area contributed by atoms with Gasteiger partial charge in [0, 0.05) is 29.9 Å². The lowest BCUT2D eigenvalue weighted by molar-refractivity contribution is 0.312. The van der Waals surface area contributed by atoms with Crippen LogP contribution in [0.25, 0.3) is 0 Å². The largest absolute Gasteiger partial charge is 0.493 e. The summed E-state index contributed by atoms with van der Waals surface area (Å²) < 4.78 is 11.2. The van der Waals surface area contributed by atoms with Gasteiger partial charge in [0.1, 0.15) is 18.1 Å². The van der Waals surface area contributed by atoms with Crippen molar-refractivity contribution in [3.63, 3.8) is 0 Å². The van der Waals surface area contributed by atoms with E-state index in [2.05, 4.69) is 4.98 Å². The van der Waals surface area contributed by atoms with Crippen molar-refractivity contribution in [3.8, 4) is 11.5 Å². The molecular formula is C15H16N2O2. The van der Waals surface area contributed by atoms with Crippen LogP contribution in [-0.2, 0) is 6.42 Å². The molecule has 4 nitrogen and oxygen atoms in total. The highest BCUT2D eigenvalue weighted by molar-refractivity contribution is 5.44. The van der Waals surface area contributed by atoms with Gasteiger partial charge in [-0.05, 0) is 24.3 Å². The predicted octanol–water partition coefficient (Wildman–Crippen LogP) is 2.10. The minimum absolute atomic E-state index is 0.0161. The van der Waals surface area contributed by atoms with Crippen LogP contribution in [0.4, 0.5) is 0 Å². The first kappa shape index (κ1) is 12.0. The molecule has 0 spiro atoms. The van der Waals surface area contributed by atoms with E-state index in [0.29, 0.717) is 13.2 Å². The molecule has 0 aliphatic carbocycles. The highest BCUT2D eigenvalue weighted by Gasteiger charge is 2.20. The van der Waals surface area contributed by atoms with E-state index in [1.54, 1.807) is 6.20 Å². The maximum absolute atomic E-state index is 5.90. The SMILES string of the molecule is NC1COc2cc(OCCc3ccccn3)ccc21. The van der Waals surface area contributed by atoms with Crippen LogP contribution in [0.2, 0.25) is 0 Å². The van der Waals surface area contributed by atoms with E-state index in [1.165, 1.54) is 0 Å². The summed E-state index contributed by atoms with van der Waals surface area (Å²) in [6.07, 6.45) is 2.58. The number of pyridine rings is 1. The number of ether oxygens (including phenoxy) is 2. The Morgan fingerprint density at radius 1 is 1.32 bits per heavy atom. The fourth-order valence-corrected chi connectivity index (χ4v) is 2.12. The molecule has 1 atom stereocenters. The van der Waals surface area contributed by atoms with Crippen LogP contribution < -0.4 is 15.2 Å². The van der Waals surface area contributed by atoms with Gasteiger partial charge >= 0.3 is 0 Å². The molecule has 1 unspecified atom stereocenters. The average molecular weight is 256 g/mol. The molecule has 1 aliphatic rings. The van der Waals surface area contributed by atoms with E-state index in [4.69, 9.17) is 15.2 Å². The van der Waals surface area contributed by atoms with Crippen molar-refractivity contribution in [1.29, 1.82) is 0 Å². The molecule has 0 amide bonds. The standard InChI is InChI=1S/C15H16N2O2/c16-14-10-19-15-9-12(4-5-13(14)15)18-8-6-11-3-1-2-7-17-11/h1-5,7,9,14H,6,8,10,16H2. The van der Waals surface area contributed by atoms with Gasteiger partial charge in [-0.1, -0.05) is 6.07 Å². The molecule has 1 aliphatic heterocycles. The van der Waals surface area contributed by atoms with Gasteiger partial charge < -0.3 is 15.2 Å². The number of hydrogen-bond acceptors (Lipinski definition) is 4. The molecule has 0 bridgehead atoms. The van der Waals surface area contributed by atoms with Crippen molar-refractivity contribution in [2.75, 3.05) is 13.2 Å². The maximum atomic E-state index is 5.90. The Bertz CT molecular complexity index is 557. The summed E-state index contributed by atoms with van der Waals surface area (Å²) in [5.41, 5.74) is 7.98. The second-order valence-electron chi connectivity index (χ2n) is 4.54. The minimum Gasteiger partial charge on any atom is -0.493 e. The van der Waals surface area contributed by atoms with Crippen molar-refractivity contribution >= 4 is 0 Å². The van der Waals surface area contributed by atoms with E-state index < -0.39 is 0 Å². The maximum Gasteiger partial charge on any atom is 0.127 e. The van der Waals surface area contributed by atoms with Gasteiger partial charge in [0.05, 0.1) is 12.6 Å². The lowest BCUT2D eigenvalue weighted by Crippen LogP contribution is -2.10. The molecule has 1 aromatic heterocycles. The van der Waals surface area contributed by atoms with Crippen LogP contribution in [0.5, 0.6) is 11.5 Å². The summed E-state index contributed by atoms with van der Waals surface area (Å²) in [4.78, 5) is 4.26. The molecule has 19 heavy (non-hydrogen) atoms. The summed E-state index contributed by atoms with van der Waals surface area (Å²) in [6.45, 7) is 1.15. The molecule has 2 heterocycles. The molecular weight excluding hydrogens is 240 g/mol. The van der Waals surface area contributed by atoms with E-state index in [0.717, 1.165) is 29.2 Å². The summed E-state index contributed by atoms with van der Waals surface area (Å²) in [7, 11) is 0. The fraction of sp³-hybridized carbons (Fsp3) is 0.267. The van der Waals surface area contributed by atoms with Crippen molar-refractivity contribution < 1.29 is 9.47 Å². The van der Waals surface area contributed by atoms with Gasteiger partial charge in [-0.2, -0.15) is 0 Å². The second kappa shape index (κ2) is 5.28. The minimum atomic E-state index is -0.0161. The molecule has 4 heteroatoms. The third kappa shape index (κ3) is 2.69. The quantitative estimate of drug-likeness (QED) is 0.910. The third-order valence-corrected chi connectivity index (χ3v) is 3.16. The first-order chi connectivity index (χ1) is 9.33. The highest BCUT2D eigenvalue weighted by Crippen LogP contribution is 2.33. The molecule has 0 saturated carbocycles. The van der Waals surface area contributed by atoms with Gasteiger partial charge in [0.25, 0.3) is 0 Å². The smallest absolute Gasteiger partial charge is 0.127 e. The zero-order valence-corrected chi connectivity index (χ0v) is 10.6. The number of rotatable bonds is 4. The molecule has 0 fully saturated rings. The zero-order valence-electron chi connectivity index (χ0n) is 10.6. The van der Waals surface area contributed by atoms with Crippen LogP contribution in [-0.4, -0.2) is 18.2 Å². The highest BCUT2D eigenvalue weighted by atomic mass is 16.5. The van der Waals surface area contributed by atoms with E-state index in [9.17, 15) is 0 Å². The first-order valence-electron chi connectivity index (χ1n) is 6.38. The number of nitrogens with zero attached hydrogens (tertiary/aromatic N) is 1. The van der Waals surface area contributed by atoms with Crippen molar-refractivity contribution in [2.24, 2.45) is 5.73 Å². The van der Waals surface area contributed by atoms with E-state index in [-0.39, 0.29) is 6.04 Å². The van der Waals surface area contributed by atoms with Crippen LogP contribution in [0.1, 0.15) is 17.3 Å². The second-order valence-corrected chi connectivity index (χ2v) is 4.54. The van der Waals surface area contributed by atoms with Gasteiger partial charge in [0.15, 0.2) is 0 Å². The Hall–Kier alpha value is -2.07. The van der Waals surface area contributed by atoms with Crippen molar-refractivity contribution in [1.82, 2.24) is 4.98 Å². The van der Waals surface area contributed by atoms with Gasteiger partial charge in [0.2, 0.25) is 0 Å². The summed E-state index contributed by atoms with van der Waals surface area (Å²) >= 11 is 0. The number of fused-ring (bicyclic) bond motifs is 1. The lowest BCUT2D eigenvalue weighted by atomic mass is 10.1. The number of hydrogen-bond donors (Lipinski definition) is 1. The average Bonchev–Trinajstić information content (AvgIpc) is 2.81. The Kier molecular flexibility index (Phi) is 3.33. The molecule has 1 aromatic carbocycles.